The molecule has 2 heterocycles. The van der Waals surface area contributed by atoms with Gasteiger partial charge in [-0.2, -0.15) is 0 Å². The zero-order valence-electron chi connectivity index (χ0n) is 40.1. The Labute approximate surface area is 405 Å². The van der Waals surface area contributed by atoms with E-state index in [0.29, 0.717) is 32.7 Å². The van der Waals surface area contributed by atoms with Gasteiger partial charge in [-0.3, -0.25) is 28.3 Å². The van der Waals surface area contributed by atoms with Gasteiger partial charge in [-0.15, -0.1) is 11.1 Å². The van der Waals surface area contributed by atoms with E-state index in [1.54, 1.807) is 24.3 Å². The summed E-state index contributed by atoms with van der Waals surface area (Å²) >= 11 is 0. The molecule has 70 heavy (non-hydrogen) atoms. The molecular formula is C62H44N2O4Si2. The molecule has 0 aliphatic heterocycles. The molecule has 0 saturated carbocycles. The van der Waals surface area contributed by atoms with Crippen molar-refractivity contribution in [2.45, 2.75) is 39.3 Å². The third-order valence-corrected chi connectivity index (χ3v) is 14.9. The topological polar surface area (TPSA) is 78.1 Å². The predicted octanol–water partition coefficient (Wildman–Crippen LogP) is 11.2. The third-order valence-electron chi connectivity index (χ3n) is 13.1. The van der Waals surface area contributed by atoms with Crippen molar-refractivity contribution in [1.29, 1.82) is 0 Å². The molecule has 0 unspecified atom stereocenters. The van der Waals surface area contributed by atoms with Gasteiger partial charge in [0.1, 0.15) is 16.1 Å². The lowest BCUT2D eigenvalue weighted by Crippen LogP contribution is -2.20. The monoisotopic (exact) mass is 936 g/mol. The lowest BCUT2D eigenvalue weighted by atomic mass is 9.88. The van der Waals surface area contributed by atoms with Crippen LogP contribution in [0, 0.1) is 46.6 Å². The smallest absolute Gasteiger partial charge is 0.261 e. The Morgan fingerprint density at radius 2 is 0.471 bits per heavy atom. The van der Waals surface area contributed by atoms with Crippen molar-refractivity contribution in [3.63, 3.8) is 0 Å². The molecule has 334 valence electrons. The standard InChI is InChI=1S/C62H44N2O4Si2/c1-63-59(65)55-33-51-47(27-25-45-37-17-9-13-21-41(37)49(29-31-69(3,4)5)42-22-14-10-18-38(42)45)53-35-57-58(62(68)64(2)61(57)67)36-54(53)48(52(51)34-56(55)60(63)66)28-26-46-39-19-11-15-23-43(39)50(30-32-70(6,7)8)44-24-16-12-20-40(44)46/h9-24,33-36H,1-8H3. The van der Waals surface area contributed by atoms with Crippen molar-refractivity contribution >= 4 is 102 Å². The molecule has 0 amide bonds. The second kappa shape index (κ2) is 16.1. The molecule has 11 aromatic rings. The van der Waals surface area contributed by atoms with Crippen LogP contribution in [0.2, 0.25) is 39.3 Å². The van der Waals surface area contributed by atoms with E-state index < -0.39 is 38.4 Å². The van der Waals surface area contributed by atoms with Gasteiger partial charge in [-0.1, -0.05) is 172 Å². The number of hydrogen-bond acceptors (Lipinski definition) is 4. The van der Waals surface area contributed by atoms with Gasteiger partial charge in [0.25, 0.3) is 22.2 Å². The summed E-state index contributed by atoms with van der Waals surface area (Å²) in [6, 6.07) is 39.7. The fraction of sp³-hybridized carbons (Fsp3) is 0.129. The van der Waals surface area contributed by atoms with Crippen LogP contribution in [0.15, 0.2) is 141 Å². The van der Waals surface area contributed by atoms with Crippen LogP contribution in [0.4, 0.5) is 0 Å². The average Bonchev–Trinajstić information content (AvgIpc) is 3.68. The SMILES string of the molecule is Cn1c(=O)c2cc3c(C#Cc4c5ccccc5c(C#C[Si](C)(C)C)c5ccccc45)c4cc5c(=O)n(C)c(=O)c5cc4c(C#Cc4c5ccccc5c(C#C[Si](C)(C)C)c5ccccc45)c3cc2c1=O. The van der Waals surface area contributed by atoms with Crippen molar-refractivity contribution in [1.82, 2.24) is 9.13 Å². The van der Waals surface area contributed by atoms with Crippen molar-refractivity contribution < 1.29 is 0 Å². The maximum absolute atomic E-state index is 13.8. The predicted molar refractivity (Wildman–Crippen MR) is 297 cm³/mol. The Hall–Kier alpha value is -8.51. The highest BCUT2D eigenvalue weighted by Crippen LogP contribution is 2.38. The van der Waals surface area contributed by atoms with Crippen LogP contribution in [-0.2, 0) is 14.1 Å². The minimum absolute atomic E-state index is 0.252. The summed E-state index contributed by atoms with van der Waals surface area (Å²) in [5.41, 5.74) is 10.0. The molecule has 0 bridgehead atoms. The molecule has 0 aliphatic carbocycles. The Morgan fingerprint density at radius 1 is 0.286 bits per heavy atom. The van der Waals surface area contributed by atoms with Gasteiger partial charge in [0.15, 0.2) is 0 Å². The lowest BCUT2D eigenvalue weighted by molar-refractivity contribution is 0.856. The number of aromatic nitrogens is 2. The van der Waals surface area contributed by atoms with E-state index >= 15 is 0 Å². The van der Waals surface area contributed by atoms with Gasteiger partial charge >= 0.3 is 0 Å². The van der Waals surface area contributed by atoms with Crippen LogP contribution < -0.4 is 22.2 Å². The first-order valence-corrected chi connectivity index (χ1v) is 30.2. The zero-order chi connectivity index (χ0) is 49.0. The Balaban J connectivity index is 1.29. The van der Waals surface area contributed by atoms with Gasteiger partial charge < -0.3 is 0 Å². The molecule has 0 spiro atoms. The van der Waals surface area contributed by atoms with Crippen LogP contribution >= 0.6 is 0 Å². The highest BCUT2D eigenvalue weighted by atomic mass is 28.3. The first-order valence-electron chi connectivity index (χ1n) is 23.2. The second-order valence-corrected chi connectivity index (χ2v) is 29.7. The molecule has 0 atom stereocenters. The van der Waals surface area contributed by atoms with E-state index in [1.807, 2.05) is 48.5 Å². The van der Waals surface area contributed by atoms with Gasteiger partial charge in [0, 0.05) is 69.0 Å². The van der Waals surface area contributed by atoms with Gasteiger partial charge in [0.2, 0.25) is 0 Å². The van der Waals surface area contributed by atoms with E-state index in [0.717, 1.165) is 74.5 Å². The molecule has 0 aliphatic rings. The van der Waals surface area contributed by atoms with Crippen molar-refractivity contribution in [3.05, 3.63) is 196 Å². The summed E-state index contributed by atoms with van der Waals surface area (Å²) in [7, 11) is -0.534. The third kappa shape index (κ3) is 7.09. The van der Waals surface area contributed by atoms with E-state index in [-0.39, 0.29) is 21.5 Å². The summed E-state index contributed by atoms with van der Waals surface area (Å²) in [4.78, 5) is 55.3. The summed E-state index contributed by atoms with van der Waals surface area (Å²) in [6.07, 6.45) is 0. The minimum atomic E-state index is -1.75. The number of rotatable bonds is 0. The molecule has 9 aromatic carbocycles. The minimum Gasteiger partial charge on any atom is -0.277 e. The molecule has 0 radical (unpaired) electrons. The van der Waals surface area contributed by atoms with E-state index in [2.05, 4.69) is 134 Å². The lowest BCUT2D eigenvalue weighted by Gasteiger charge is -2.13. The van der Waals surface area contributed by atoms with E-state index in [9.17, 15) is 19.2 Å². The molecule has 6 nitrogen and oxygen atoms in total. The highest BCUT2D eigenvalue weighted by Gasteiger charge is 2.22. The summed E-state index contributed by atoms with van der Waals surface area (Å²) in [5, 5.41) is 11.1. The maximum atomic E-state index is 13.8. The normalized spacial score (nSPS) is 11.8. The van der Waals surface area contributed by atoms with Crippen LogP contribution in [0.25, 0.3) is 86.2 Å². The Kier molecular flexibility index (Phi) is 10.1. The first kappa shape index (κ1) is 44.0. The summed E-state index contributed by atoms with van der Waals surface area (Å²) in [6.45, 7) is 13.4. The van der Waals surface area contributed by atoms with Gasteiger partial charge in [-0.25, -0.2) is 0 Å². The number of fused-ring (bicyclic) bond motifs is 8. The molecule has 2 aromatic heterocycles. The second-order valence-electron chi connectivity index (χ2n) is 20.2. The molecule has 11 rings (SSSR count). The molecule has 8 heteroatoms. The Bertz CT molecular complexity index is 4160. The van der Waals surface area contributed by atoms with Crippen molar-refractivity contribution in [2.24, 2.45) is 14.1 Å². The first-order chi connectivity index (χ1) is 33.5. The van der Waals surface area contributed by atoms with Crippen LogP contribution in [0.3, 0.4) is 0 Å². The molecular weight excluding hydrogens is 893 g/mol. The summed E-state index contributed by atoms with van der Waals surface area (Å²) < 4.78 is 2.24. The van der Waals surface area contributed by atoms with Gasteiger partial charge in [0.05, 0.1) is 21.5 Å². The largest absolute Gasteiger partial charge is 0.277 e. The van der Waals surface area contributed by atoms with Crippen molar-refractivity contribution in [3.8, 4) is 46.6 Å². The van der Waals surface area contributed by atoms with E-state index in [1.165, 1.54) is 14.1 Å². The number of nitrogens with zero attached hydrogens (tertiary/aromatic N) is 2. The molecule has 0 N–H and O–H groups in total. The van der Waals surface area contributed by atoms with E-state index in [4.69, 9.17) is 0 Å². The molecule has 0 fully saturated rings. The van der Waals surface area contributed by atoms with Gasteiger partial charge in [-0.05, 0) is 67.4 Å². The quantitative estimate of drug-likeness (QED) is 0.0862. The number of hydrogen-bond donors (Lipinski definition) is 0. The fourth-order valence-corrected chi connectivity index (χ4v) is 10.7. The van der Waals surface area contributed by atoms with Crippen molar-refractivity contribution in [2.75, 3.05) is 0 Å². The Morgan fingerprint density at radius 3 is 0.671 bits per heavy atom. The van der Waals surface area contributed by atoms with Crippen LogP contribution in [0.1, 0.15) is 33.4 Å². The number of benzene rings is 9. The van der Waals surface area contributed by atoms with Crippen LogP contribution in [-0.4, -0.2) is 25.3 Å². The maximum Gasteiger partial charge on any atom is 0.261 e. The zero-order valence-corrected chi connectivity index (χ0v) is 42.1. The molecule has 0 saturated heterocycles. The van der Waals surface area contributed by atoms with Crippen LogP contribution in [0.5, 0.6) is 0 Å². The fourth-order valence-electron chi connectivity index (χ4n) is 9.75. The average molecular weight is 937 g/mol. The summed E-state index contributed by atoms with van der Waals surface area (Å²) in [5.74, 6) is 21.5. The highest BCUT2D eigenvalue weighted by molar-refractivity contribution is 6.84.